The number of fused-ring (bicyclic) bond motifs is 1. The van der Waals surface area contributed by atoms with Crippen molar-refractivity contribution in [3.8, 4) is 0 Å². The summed E-state index contributed by atoms with van der Waals surface area (Å²) in [5.74, 6) is -0.582. The standard InChI is InChI=1S/C15H10FNOS/c16-11-5-3-6-12(9-11)17-15(18)14-8-10-4-1-2-7-13(10)19-14/h1-9H,(H,17,18). The number of carbonyl (C=O) groups is 1. The van der Waals surface area contributed by atoms with Crippen LogP contribution in [0.15, 0.2) is 54.6 Å². The average molecular weight is 271 g/mol. The maximum absolute atomic E-state index is 13.0. The van der Waals surface area contributed by atoms with E-state index in [4.69, 9.17) is 0 Å². The zero-order valence-corrected chi connectivity index (χ0v) is 10.7. The summed E-state index contributed by atoms with van der Waals surface area (Å²) in [6, 6.07) is 15.5. The Kier molecular flexibility index (Phi) is 3.01. The first-order chi connectivity index (χ1) is 9.22. The van der Waals surface area contributed by atoms with Gasteiger partial charge in [0.2, 0.25) is 0 Å². The zero-order chi connectivity index (χ0) is 13.2. The van der Waals surface area contributed by atoms with Crippen molar-refractivity contribution < 1.29 is 9.18 Å². The molecule has 0 aliphatic heterocycles. The summed E-state index contributed by atoms with van der Waals surface area (Å²) in [5, 5.41) is 3.73. The van der Waals surface area contributed by atoms with E-state index in [1.165, 1.54) is 23.5 Å². The zero-order valence-electron chi connectivity index (χ0n) is 9.89. The highest BCUT2D eigenvalue weighted by atomic mass is 32.1. The van der Waals surface area contributed by atoms with Crippen LogP contribution in [-0.2, 0) is 0 Å². The van der Waals surface area contributed by atoms with E-state index in [0.717, 1.165) is 10.1 Å². The fourth-order valence-corrected chi connectivity index (χ4v) is 2.81. The van der Waals surface area contributed by atoms with Gasteiger partial charge in [-0.25, -0.2) is 4.39 Å². The molecule has 4 heteroatoms. The van der Waals surface area contributed by atoms with Gasteiger partial charge in [-0.05, 0) is 35.7 Å². The van der Waals surface area contributed by atoms with Crippen LogP contribution in [0, 0.1) is 5.82 Å². The second kappa shape index (κ2) is 4.82. The number of rotatable bonds is 2. The molecule has 1 amide bonds. The molecule has 0 aliphatic carbocycles. The summed E-state index contributed by atoms with van der Waals surface area (Å²) in [6.45, 7) is 0. The lowest BCUT2D eigenvalue weighted by molar-refractivity contribution is 0.103. The highest BCUT2D eigenvalue weighted by molar-refractivity contribution is 7.20. The van der Waals surface area contributed by atoms with Gasteiger partial charge in [0.15, 0.2) is 0 Å². The average Bonchev–Trinajstić information content (AvgIpc) is 2.82. The van der Waals surface area contributed by atoms with E-state index in [1.54, 1.807) is 12.1 Å². The van der Waals surface area contributed by atoms with E-state index >= 15 is 0 Å². The number of thiophene rings is 1. The summed E-state index contributed by atoms with van der Waals surface area (Å²) in [7, 11) is 0. The van der Waals surface area contributed by atoms with E-state index in [2.05, 4.69) is 5.32 Å². The van der Waals surface area contributed by atoms with Gasteiger partial charge < -0.3 is 5.32 Å². The van der Waals surface area contributed by atoms with Crippen molar-refractivity contribution in [1.29, 1.82) is 0 Å². The van der Waals surface area contributed by atoms with Gasteiger partial charge in [-0.1, -0.05) is 24.3 Å². The lowest BCUT2D eigenvalue weighted by atomic mass is 10.2. The Labute approximate surface area is 113 Å². The van der Waals surface area contributed by atoms with Gasteiger partial charge in [-0.15, -0.1) is 11.3 Å². The molecule has 0 fully saturated rings. The van der Waals surface area contributed by atoms with E-state index in [-0.39, 0.29) is 11.7 Å². The first kappa shape index (κ1) is 11.9. The van der Waals surface area contributed by atoms with Crippen molar-refractivity contribution in [3.63, 3.8) is 0 Å². The van der Waals surface area contributed by atoms with Crippen molar-refractivity contribution >= 4 is 33.0 Å². The molecular formula is C15H10FNOS. The molecule has 0 saturated carbocycles. The molecule has 0 saturated heterocycles. The van der Waals surface area contributed by atoms with Crippen LogP contribution in [0.5, 0.6) is 0 Å². The van der Waals surface area contributed by atoms with Gasteiger partial charge in [0.25, 0.3) is 5.91 Å². The topological polar surface area (TPSA) is 29.1 Å². The third-order valence-corrected chi connectivity index (χ3v) is 3.85. The SMILES string of the molecule is O=C(Nc1cccc(F)c1)c1cc2ccccc2s1. The van der Waals surface area contributed by atoms with Crippen LogP contribution < -0.4 is 5.32 Å². The number of amides is 1. The summed E-state index contributed by atoms with van der Waals surface area (Å²) in [5.41, 5.74) is 0.461. The Morgan fingerprint density at radius 1 is 1.05 bits per heavy atom. The summed E-state index contributed by atoms with van der Waals surface area (Å²) >= 11 is 1.42. The molecule has 1 N–H and O–H groups in total. The molecule has 0 radical (unpaired) electrons. The van der Waals surface area contributed by atoms with Crippen LogP contribution in [0.4, 0.5) is 10.1 Å². The van der Waals surface area contributed by atoms with Gasteiger partial charge in [0.1, 0.15) is 5.82 Å². The number of halogens is 1. The minimum atomic E-state index is -0.367. The maximum Gasteiger partial charge on any atom is 0.265 e. The molecule has 0 bridgehead atoms. The lowest BCUT2D eigenvalue weighted by Gasteiger charge is -2.02. The summed E-state index contributed by atoms with van der Waals surface area (Å²) in [4.78, 5) is 12.7. The van der Waals surface area contributed by atoms with Crippen LogP contribution in [0.2, 0.25) is 0 Å². The van der Waals surface area contributed by atoms with Crippen molar-refractivity contribution in [1.82, 2.24) is 0 Å². The first-order valence-electron chi connectivity index (χ1n) is 5.78. The van der Waals surface area contributed by atoms with Gasteiger partial charge in [0.05, 0.1) is 4.88 Å². The van der Waals surface area contributed by atoms with Gasteiger partial charge in [0, 0.05) is 10.4 Å². The third kappa shape index (κ3) is 2.48. The molecule has 1 aromatic heterocycles. The monoisotopic (exact) mass is 271 g/mol. The summed E-state index contributed by atoms with van der Waals surface area (Å²) in [6.07, 6.45) is 0. The van der Waals surface area contributed by atoms with Crippen molar-refractivity contribution in [2.24, 2.45) is 0 Å². The Morgan fingerprint density at radius 2 is 1.89 bits per heavy atom. The predicted molar refractivity (Wildman–Crippen MR) is 76.2 cm³/mol. The summed E-state index contributed by atoms with van der Waals surface area (Å²) < 4.78 is 14.1. The predicted octanol–water partition coefficient (Wildman–Crippen LogP) is 4.29. The van der Waals surface area contributed by atoms with Crippen LogP contribution >= 0.6 is 11.3 Å². The number of nitrogens with one attached hydrogen (secondary N) is 1. The smallest absolute Gasteiger partial charge is 0.265 e. The first-order valence-corrected chi connectivity index (χ1v) is 6.59. The Hall–Kier alpha value is -2.20. The van der Waals surface area contributed by atoms with Gasteiger partial charge in [-0.3, -0.25) is 4.79 Å². The quantitative estimate of drug-likeness (QED) is 0.740. The molecule has 0 unspecified atom stereocenters. The number of hydrogen-bond donors (Lipinski definition) is 1. The van der Waals surface area contributed by atoms with Crippen LogP contribution in [0.3, 0.4) is 0 Å². The minimum Gasteiger partial charge on any atom is -0.321 e. The molecule has 1 heterocycles. The number of anilines is 1. The molecule has 0 aliphatic rings. The Balaban J connectivity index is 1.87. The molecule has 2 nitrogen and oxygen atoms in total. The normalized spacial score (nSPS) is 10.6. The van der Waals surface area contributed by atoms with Crippen molar-refractivity contribution in [3.05, 3.63) is 65.3 Å². The highest BCUT2D eigenvalue weighted by Gasteiger charge is 2.10. The second-order valence-electron chi connectivity index (χ2n) is 4.11. The number of hydrogen-bond acceptors (Lipinski definition) is 2. The highest BCUT2D eigenvalue weighted by Crippen LogP contribution is 2.26. The van der Waals surface area contributed by atoms with E-state index < -0.39 is 0 Å². The van der Waals surface area contributed by atoms with Crippen LogP contribution in [-0.4, -0.2) is 5.91 Å². The van der Waals surface area contributed by atoms with E-state index in [1.807, 2.05) is 30.3 Å². The Bertz CT molecular complexity index is 717. The molecule has 0 spiro atoms. The van der Waals surface area contributed by atoms with Gasteiger partial charge >= 0.3 is 0 Å². The second-order valence-corrected chi connectivity index (χ2v) is 5.20. The van der Waals surface area contributed by atoms with Crippen LogP contribution in [0.1, 0.15) is 9.67 Å². The molecule has 3 rings (SSSR count). The Morgan fingerprint density at radius 3 is 2.68 bits per heavy atom. The molecular weight excluding hydrogens is 261 g/mol. The van der Waals surface area contributed by atoms with E-state index in [9.17, 15) is 9.18 Å². The lowest BCUT2D eigenvalue weighted by Crippen LogP contribution is -2.09. The largest absolute Gasteiger partial charge is 0.321 e. The van der Waals surface area contributed by atoms with Crippen molar-refractivity contribution in [2.75, 3.05) is 5.32 Å². The molecule has 2 aromatic carbocycles. The molecule has 0 atom stereocenters. The fourth-order valence-electron chi connectivity index (χ4n) is 1.85. The third-order valence-electron chi connectivity index (χ3n) is 2.73. The molecule has 19 heavy (non-hydrogen) atoms. The number of benzene rings is 2. The fraction of sp³-hybridized carbons (Fsp3) is 0. The number of carbonyl (C=O) groups excluding carboxylic acids is 1. The molecule has 3 aromatic rings. The van der Waals surface area contributed by atoms with Gasteiger partial charge in [-0.2, -0.15) is 0 Å². The molecule has 94 valence electrons. The van der Waals surface area contributed by atoms with Crippen molar-refractivity contribution in [2.45, 2.75) is 0 Å². The van der Waals surface area contributed by atoms with Crippen LogP contribution in [0.25, 0.3) is 10.1 Å². The van der Waals surface area contributed by atoms with E-state index in [0.29, 0.717) is 10.6 Å². The maximum atomic E-state index is 13.0. The minimum absolute atomic E-state index is 0.216.